The van der Waals surface area contributed by atoms with Gasteiger partial charge in [-0.3, -0.25) is 10.1 Å². The van der Waals surface area contributed by atoms with Gasteiger partial charge in [0.2, 0.25) is 5.88 Å². The first-order chi connectivity index (χ1) is 14.1. The number of nitrogens with one attached hydrogen (secondary N) is 2. The van der Waals surface area contributed by atoms with Crippen molar-refractivity contribution in [3.05, 3.63) is 54.0 Å². The van der Waals surface area contributed by atoms with Gasteiger partial charge in [0, 0.05) is 49.6 Å². The normalized spacial score (nSPS) is 13.9. The molecule has 1 aliphatic rings. The number of thiazole rings is 1. The van der Waals surface area contributed by atoms with E-state index in [4.69, 9.17) is 4.74 Å². The van der Waals surface area contributed by atoms with Crippen LogP contribution in [0.25, 0.3) is 11.3 Å². The Morgan fingerprint density at radius 1 is 1.24 bits per heavy atom. The number of hydrogen-bond donors (Lipinski definition) is 2. The van der Waals surface area contributed by atoms with E-state index in [-0.39, 0.29) is 11.7 Å². The van der Waals surface area contributed by atoms with Gasteiger partial charge in [0.05, 0.1) is 7.11 Å². The summed E-state index contributed by atoms with van der Waals surface area (Å²) in [5, 5.41) is 7.63. The van der Waals surface area contributed by atoms with E-state index in [1.54, 1.807) is 24.3 Å². The highest BCUT2D eigenvalue weighted by atomic mass is 32.1. The Kier molecular flexibility index (Phi) is 5.68. The van der Waals surface area contributed by atoms with Crippen molar-refractivity contribution in [2.75, 3.05) is 43.5 Å². The fraction of sp³-hybridized carbons (Fsp3) is 0.250. The molecule has 0 unspecified atom stereocenters. The molecule has 0 spiro atoms. The number of aromatic nitrogens is 2. The summed E-state index contributed by atoms with van der Waals surface area (Å²) in [4.78, 5) is 23.6. The number of carbonyl (C=O) groups is 1. The first-order valence-corrected chi connectivity index (χ1v) is 9.99. The average molecular weight is 413 g/mol. The van der Waals surface area contributed by atoms with Gasteiger partial charge in [0.15, 0.2) is 5.13 Å². The van der Waals surface area contributed by atoms with Crippen LogP contribution in [0.4, 0.5) is 14.5 Å². The molecule has 1 saturated heterocycles. The zero-order valence-corrected chi connectivity index (χ0v) is 16.6. The Hall–Kier alpha value is -3.04. The Morgan fingerprint density at radius 3 is 2.72 bits per heavy atom. The number of rotatable bonds is 5. The fourth-order valence-electron chi connectivity index (χ4n) is 3.08. The maximum atomic E-state index is 13.4. The number of benzene rings is 1. The fourth-order valence-corrected chi connectivity index (χ4v) is 4.11. The van der Waals surface area contributed by atoms with Gasteiger partial charge in [0.25, 0.3) is 5.91 Å². The van der Waals surface area contributed by atoms with Crippen LogP contribution in [0.5, 0.6) is 5.88 Å². The molecule has 0 atom stereocenters. The third-order valence-corrected chi connectivity index (χ3v) is 5.59. The van der Waals surface area contributed by atoms with Crippen molar-refractivity contribution in [1.29, 1.82) is 0 Å². The van der Waals surface area contributed by atoms with Crippen LogP contribution in [0.2, 0.25) is 0 Å². The van der Waals surface area contributed by atoms with Gasteiger partial charge < -0.3 is 15.0 Å². The highest BCUT2D eigenvalue weighted by Gasteiger charge is 2.22. The van der Waals surface area contributed by atoms with Crippen molar-refractivity contribution >= 4 is 27.4 Å². The molecule has 0 bridgehead atoms. The van der Waals surface area contributed by atoms with Crippen LogP contribution in [-0.2, 0) is 0 Å². The smallest absolute Gasteiger partial charge is 0.257 e. The molecule has 1 aliphatic heterocycles. The Balaban J connectivity index is 1.64. The predicted molar refractivity (Wildman–Crippen MR) is 111 cm³/mol. The summed E-state index contributed by atoms with van der Waals surface area (Å²) in [5.41, 5.74) is 1.97. The maximum absolute atomic E-state index is 13.4. The van der Waals surface area contributed by atoms with Gasteiger partial charge in [-0.15, -0.1) is 0 Å². The van der Waals surface area contributed by atoms with Gasteiger partial charge in [-0.1, -0.05) is 11.3 Å². The molecule has 0 aliphatic carbocycles. The summed E-state index contributed by atoms with van der Waals surface area (Å²) in [6.07, 6.45) is 1.52. The number of amides is 1. The number of pyridine rings is 1. The molecule has 3 aromatic rings. The van der Waals surface area contributed by atoms with E-state index >= 15 is 0 Å². The van der Waals surface area contributed by atoms with Crippen LogP contribution in [0.1, 0.15) is 10.4 Å². The molecular formula is C20H20FN5O2S. The SMILES string of the molecule is COc1cc(C(=O)Nc2nc(-c3ccc(F)cc3)c(N3CCNCC3)s2)ccn1. The van der Waals surface area contributed by atoms with Gasteiger partial charge in [-0.25, -0.2) is 14.4 Å². The number of hydrogen-bond acceptors (Lipinski definition) is 7. The standard InChI is InChI=1S/C20H20FN5O2S/c1-28-16-12-14(6-7-23-16)18(27)25-20-24-17(13-2-4-15(21)5-3-13)19(29-20)26-10-8-22-9-11-26/h2-7,12,22H,8-11H2,1H3,(H,24,25,27). The van der Waals surface area contributed by atoms with Crippen LogP contribution < -0.4 is 20.3 Å². The van der Waals surface area contributed by atoms with Crippen molar-refractivity contribution in [2.24, 2.45) is 0 Å². The van der Waals surface area contributed by atoms with E-state index < -0.39 is 0 Å². The van der Waals surface area contributed by atoms with Gasteiger partial charge in [-0.2, -0.15) is 0 Å². The van der Waals surface area contributed by atoms with E-state index in [1.165, 1.54) is 36.8 Å². The molecule has 2 aromatic heterocycles. The molecular weight excluding hydrogens is 393 g/mol. The number of halogens is 1. The summed E-state index contributed by atoms with van der Waals surface area (Å²) in [5.74, 6) is -0.227. The molecule has 7 nitrogen and oxygen atoms in total. The molecule has 4 rings (SSSR count). The molecule has 1 amide bonds. The van der Waals surface area contributed by atoms with Crippen molar-refractivity contribution in [3.63, 3.8) is 0 Å². The number of piperazine rings is 1. The van der Waals surface area contributed by atoms with Gasteiger partial charge in [0.1, 0.15) is 16.5 Å². The van der Waals surface area contributed by atoms with Crippen LogP contribution in [0.3, 0.4) is 0 Å². The second kappa shape index (κ2) is 8.54. The number of nitrogens with zero attached hydrogens (tertiary/aromatic N) is 3. The summed E-state index contributed by atoms with van der Waals surface area (Å²) < 4.78 is 18.5. The maximum Gasteiger partial charge on any atom is 0.257 e. The van der Waals surface area contributed by atoms with Crippen LogP contribution in [0, 0.1) is 5.82 Å². The average Bonchev–Trinajstić information content (AvgIpc) is 3.18. The zero-order chi connectivity index (χ0) is 20.2. The highest BCUT2D eigenvalue weighted by molar-refractivity contribution is 7.20. The molecule has 0 saturated carbocycles. The molecule has 29 heavy (non-hydrogen) atoms. The van der Waals surface area contributed by atoms with E-state index in [1.807, 2.05) is 0 Å². The lowest BCUT2D eigenvalue weighted by atomic mass is 10.1. The second-order valence-corrected chi connectivity index (χ2v) is 7.44. The van der Waals surface area contributed by atoms with Crippen LogP contribution >= 0.6 is 11.3 Å². The minimum atomic E-state index is -0.298. The zero-order valence-electron chi connectivity index (χ0n) is 15.8. The van der Waals surface area contributed by atoms with Gasteiger partial charge in [-0.05, 0) is 30.3 Å². The molecule has 2 N–H and O–H groups in total. The molecule has 0 radical (unpaired) electrons. The predicted octanol–water partition coefficient (Wildman–Crippen LogP) is 3.01. The first-order valence-electron chi connectivity index (χ1n) is 9.18. The third kappa shape index (κ3) is 4.36. The van der Waals surface area contributed by atoms with E-state index in [0.717, 1.165) is 42.4 Å². The topological polar surface area (TPSA) is 79.4 Å². The Labute approximate surface area is 171 Å². The quantitative estimate of drug-likeness (QED) is 0.670. The van der Waals surface area contributed by atoms with E-state index in [9.17, 15) is 9.18 Å². The Bertz CT molecular complexity index is 1000. The van der Waals surface area contributed by atoms with E-state index in [0.29, 0.717) is 16.6 Å². The molecule has 1 aromatic carbocycles. The summed E-state index contributed by atoms with van der Waals surface area (Å²) >= 11 is 1.41. The summed E-state index contributed by atoms with van der Waals surface area (Å²) in [7, 11) is 1.50. The third-order valence-electron chi connectivity index (χ3n) is 4.56. The summed E-state index contributed by atoms with van der Waals surface area (Å²) in [6, 6.07) is 9.42. The lowest BCUT2D eigenvalue weighted by Crippen LogP contribution is -2.43. The number of anilines is 2. The largest absolute Gasteiger partial charge is 0.481 e. The molecule has 1 fully saturated rings. The molecule has 150 valence electrons. The number of carbonyl (C=O) groups excluding carboxylic acids is 1. The Morgan fingerprint density at radius 2 is 2.00 bits per heavy atom. The van der Waals surface area contributed by atoms with Crippen LogP contribution in [0.15, 0.2) is 42.6 Å². The van der Waals surface area contributed by atoms with Crippen molar-refractivity contribution in [2.45, 2.75) is 0 Å². The van der Waals surface area contributed by atoms with Crippen molar-refractivity contribution in [1.82, 2.24) is 15.3 Å². The molecule has 3 heterocycles. The number of ether oxygens (including phenoxy) is 1. The first kappa shape index (κ1) is 19.3. The van der Waals surface area contributed by atoms with Crippen molar-refractivity contribution in [3.8, 4) is 17.1 Å². The minimum Gasteiger partial charge on any atom is -0.481 e. The van der Waals surface area contributed by atoms with Gasteiger partial charge >= 0.3 is 0 Å². The second-order valence-electron chi connectivity index (χ2n) is 6.46. The van der Waals surface area contributed by atoms with Crippen LogP contribution in [-0.4, -0.2) is 49.2 Å². The summed E-state index contributed by atoms with van der Waals surface area (Å²) in [6.45, 7) is 3.43. The monoisotopic (exact) mass is 413 g/mol. The molecule has 9 heteroatoms. The highest BCUT2D eigenvalue weighted by Crippen LogP contribution is 2.39. The van der Waals surface area contributed by atoms with E-state index in [2.05, 4.69) is 25.5 Å². The minimum absolute atomic E-state index is 0.294. The lowest BCUT2D eigenvalue weighted by molar-refractivity contribution is 0.102. The van der Waals surface area contributed by atoms with Crippen molar-refractivity contribution < 1.29 is 13.9 Å². The number of methoxy groups -OCH3 is 1. The lowest BCUT2D eigenvalue weighted by Gasteiger charge is -2.28.